The minimum Gasteiger partial charge on any atom is -0.493 e. The van der Waals surface area contributed by atoms with Crippen LogP contribution in [0.3, 0.4) is 0 Å². The van der Waals surface area contributed by atoms with Crippen molar-refractivity contribution in [1.82, 2.24) is 15.5 Å². The van der Waals surface area contributed by atoms with E-state index in [4.69, 9.17) is 18.9 Å². The first kappa shape index (κ1) is 24.1. The van der Waals surface area contributed by atoms with Crippen LogP contribution in [0, 0.1) is 0 Å². The summed E-state index contributed by atoms with van der Waals surface area (Å²) in [6, 6.07) is 11.8. The molecule has 0 fully saturated rings. The summed E-state index contributed by atoms with van der Waals surface area (Å²) >= 11 is 0. The summed E-state index contributed by atoms with van der Waals surface area (Å²) in [6.45, 7) is 2.63. The Bertz CT molecular complexity index is 830. The molecule has 0 aromatic heterocycles. The maximum atomic E-state index is 5.93. The van der Waals surface area contributed by atoms with E-state index in [1.165, 1.54) is 0 Å². The second-order valence-corrected chi connectivity index (χ2v) is 7.07. The van der Waals surface area contributed by atoms with Gasteiger partial charge in [0.2, 0.25) is 5.75 Å². The second-order valence-electron chi connectivity index (χ2n) is 7.07. The largest absolute Gasteiger partial charge is 0.493 e. The molecule has 2 aromatic rings. The molecule has 2 rings (SSSR count). The third-order valence-corrected chi connectivity index (χ3v) is 4.62. The van der Waals surface area contributed by atoms with Gasteiger partial charge in [-0.25, -0.2) is 0 Å². The van der Waals surface area contributed by atoms with Crippen LogP contribution in [0.4, 0.5) is 0 Å². The van der Waals surface area contributed by atoms with Gasteiger partial charge in [0.05, 0.1) is 21.3 Å². The van der Waals surface area contributed by atoms with Gasteiger partial charge in [-0.15, -0.1) is 0 Å². The summed E-state index contributed by atoms with van der Waals surface area (Å²) < 4.78 is 22.2. The van der Waals surface area contributed by atoms with Crippen molar-refractivity contribution in [2.45, 2.75) is 13.1 Å². The van der Waals surface area contributed by atoms with Crippen LogP contribution in [0.2, 0.25) is 0 Å². The zero-order valence-corrected chi connectivity index (χ0v) is 19.3. The van der Waals surface area contributed by atoms with Crippen molar-refractivity contribution >= 4 is 5.96 Å². The molecule has 0 saturated carbocycles. The molecular weight excluding hydrogens is 396 g/mol. The Kier molecular flexibility index (Phi) is 9.77. The average molecular weight is 431 g/mol. The minimum atomic E-state index is 0.539. The molecular formula is C23H34N4O4. The first-order valence-corrected chi connectivity index (χ1v) is 10.1. The zero-order valence-electron chi connectivity index (χ0n) is 19.3. The first-order valence-electron chi connectivity index (χ1n) is 10.1. The standard InChI is InChI=1S/C23H34N4O4/c1-24-23(25-15-17-13-20(28-4)22(30-6)21(14-17)29-5)26-16-18-9-7-8-10-19(18)31-12-11-27(2)3/h7-10,13-14H,11-12,15-16H2,1-6H3,(H2,24,25,26). The summed E-state index contributed by atoms with van der Waals surface area (Å²) in [4.78, 5) is 6.40. The fourth-order valence-electron chi connectivity index (χ4n) is 2.95. The average Bonchev–Trinajstić information content (AvgIpc) is 2.78. The van der Waals surface area contributed by atoms with Crippen LogP contribution >= 0.6 is 0 Å². The number of aliphatic imine (C=N–C) groups is 1. The van der Waals surface area contributed by atoms with Gasteiger partial charge in [-0.05, 0) is 37.9 Å². The first-order chi connectivity index (χ1) is 15.0. The Morgan fingerprint density at radius 3 is 2.13 bits per heavy atom. The highest BCUT2D eigenvalue weighted by atomic mass is 16.5. The Labute approximate surface area is 185 Å². The van der Waals surface area contributed by atoms with Gasteiger partial charge in [-0.2, -0.15) is 0 Å². The number of guanidine groups is 1. The van der Waals surface area contributed by atoms with Crippen molar-refractivity contribution in [3.8, 4) is 23.0 Å². The maximum absolute atomic E-state index is 5.93. The topological polar surface area (TPSA) is 76.6 Å². The number of para-hydroxylation sites is 1. The van der Waals surface area contributed by atoms with Gasteiger partial charge in [0.15, 0.2) is 17.5 Å². The van der Waals surface area contributed by atoms with E-state index in [2.05, 4.69) is 20.5 Å². The van der Waals surface area contributed by atoms with Crippen molar-refractivity contribution < 1.29 is 18.9 Å². The van der Waals surface area contributed by atoms with Gasteiger partial charge in [0.25, 0.3) is 0 Å². The number of nitrogens with zero attached hydrogens (tertiary/aromatic N) is 2. The molecule has 0 amide bonds. The summed E-state index contributed by atoms with van der Waals surface area (Å²) in [6.07, 6.45) is 0. The fraction of sp³-hybridized carbons (Fsp3) is 0.435. The summed E-state index contributed by atoms with van der Waals surface area (Å²) in [5.41, 5.74) is 2.04. The molecule has 0 aliphatic heterocycles. The van der Waals surface area contributed by atoms with E-state index in [9.17, 15) is 0 Å². The second kappa shape index (κ2) is 12.5. The monoisotopic (exact) mass is 430 g/mol. The van der Waals surface area contributed by atoms with Crippen LogP contribution in [0.5, 0.6) is 23.0 Å². The lowest BCUT2D eigenvalue weighted by Crippen LogP contribution is -2.36. The third kappa shape index (κ3) is 7.25. The molecule has 0 aliphatic carbocycles. The van der Waals surface area contributed by atoms with E-state index in [1.54, 1.807) is 28.4 Å². The molecule has 0 bridgehead atoms. The smallest absolute Gasteiger partial charge is 0.203 e. The van der Waals surface area contributed by atoms with Crippen molar-refractivity contribution in [1.29, 1.82) is 0 Å². The lowest BCUT2D eigenvalue weighted by atomic mass is 10.1. The fourth-order valence-corrected chi connectivity index (χ4v) is 2.95. The Hall–Kier alpha value is -3.13. The van der Waals surface area contributed by atoms with Crippen LogP contribution in [-0.2, 0) is 13.1 Å². The minimum absolute atomic E-state index is 0.539. The molecule has 0 heterocycles. The van der Waals surface area contributed by atoms with Gasteiger partial charge in [-0.1, -0.05) is 18.2 Å². The molecule has 31 heavy (non-hydrogen) atoms. The van der Waals surface area contributed by atoms with E-state index >= 15 is 0 Å². The number of likely N-dealkylation sites (N-methyl/N-ethyl adjacent to an activating group) is 1. The number of ether oxygens (including phenoxy) is 4. The molecule has 2 N–H and O–H groups in total. The Balaban J connectivity index is 1.99. The van der Waals surface area contributed by atoms with Crippen LogP contribution in [0.25, 0.3) is 0 Å². The highest BCUT2D eigenvalue weighted by Crippen LogP contribution is 2.38. The van der Waals surface area contributed by atoms with Crippen molar-refractivity contribution in [2.75, 3.05) is 55.6 Å². The Morgan fingerprint density at radius 1 is 0.903 bits per heavy atom. The third-order valence-electron chi connectivity index (χ3n) is 4.62. The van der Waals surface area contributed by atoms with Crippen molar-refractivity contribution in [3.05, 3.63) is 47.5 Å². The summed E-state index contributed by atoms with van der Waals surface area (Å²) in [7, 11) is 10.6. The number of rotatable bonds is 11. The van der Waals surface area contributed by atoms with Crippen molar-refractivity contribution in [3.63, 3.8) is 0 Å². The van der Waals surface area contributed by atoms with Crippen molar-refractivity contribution in [2.24, 2.45) is 4.99 Å². The van der Waals surface area contributed by atoms with E-state index in [0.717, 1.165) is 23.4 Å². The summed E-state index contributed by atoms with van der Waals surface area (Å²) in [5, 5.41) is 6.65. The number of methoxy groups -OCH3 is 3. The predicted molar refractivity (Wildman–Crippen MR) is 124 cm³/mol. The lowest BCUT2D eigenvalue weighted by molar-refractivity contribution is 0.259. The quantitative estimate of drug-likeness (QED) is 0.419. The highest BCUT2D eigenvalue weighted by Gasteiger charge is 2.13. The number of hydrogen-bond acceptors (Lipinski definition) is 6. The Morgan fingerprint density at radius 2 is 1.55 bits per heavy atom. The molecule has 0 aliphatic rings. The molecule has 170 valence electrons. The molecule has 0 spiro atoms. The van der Waals surface area contributed by atoms with E-state index in [-0.39, 0.29) is 0 Å². The number of nitrogens with one attached hydrogen (secondary N) is 2. The molecule has 2 aromatic carbocycles. The molecule has 0 unspecified atom stereocenters. The zero-order chi connectivity index (χ0) is 22.6. The molecule has 0 saturated heterocycles. The van der Waals surface area contributed by atoms with Gasteiger partial charge < -0.3 is 34.5 Å². The maximum Gasteiger partial charge on any atom is 0.203 e. The van der Waals surface area contributed by atoms with E-state index in [0.29, 0.717) is 42.9 Å². The van der Waals surface area contributed by atoms with Gasteiger partial charge in [0.1, 0.15) is 12.4 Å². The van der Waals surface area contributed by atoms with Crippen LogP contribution in [-0.4, -0.2) is 66.5 Å². The molecule has 8 nitrogen and oxygen atoms in total. The SMILES string of the molecule is CN=C(NCc1cc(OC)c(OC)c(OC)c1)NCc1ccccc1OCCN(C)C. The molecule has 0 atom stereocenters. The van der Waals surface area contributed by atoms with Gasteiger partial charge in [0, 0.05) is 32.2 Å². The van der Waals surface area contributed by atoms with Gasteiger partial charge >= 0.3 is 0 Å². The molecule has 0 radical (unpaired) electrons. The lowest BCUT2D eigenvalue weighted by Gasteiger charge is -2.17. The van der Waals surface area contributed by atoms with Crippen LogP contribution < -0.4 is 29.6 Å². The highest BCUT2D eigenvalue weighted by molar-refractivity contribution is 5.79. The van der Waals surface area contributed by atoms with E-state index in [1.807, 2.05) is 50.5 Å². The summed E-state index contributed by atoms with van der Waals surface area (Å²) in [5.74, 6) is 3.35. The van der Waals surface area contributed by atoms with Crippen LogP contribution in [0.1, 0.15) is 11.1 Å². The molecule has 8 heteroatoms. The number of hydrogen-bond donors (Lipinski definition) is 2. The van der Waals surface area contributed by atoms with E-state index < -0.39 is 0 Å². The normalized spacial score (nSPS) is 11.3. The van der Waals surface area contributed by atoms with Gasteiger partial charge in [-0.3, -0.25) is 4.99 Å². The number of benzene rings is 2. The van der Waals surface area contributed by atoms with Crippen LogP contribution in [0.15, 0.2) is 41.4 Å². The predicted octanol–water partition coefficient (Wildman–Crippen LogP) is 2.52.